The number of aliphatic hydroxyl groups is 1. The van der Waals surface area contributed by atoms with Gasteiger partial charge in [-0.05, 0) is 48.0 Å². The lowest BCUT2D eigenvalue weighted by atomic mass is 9.94. The standard InChI is InChI=1S/C25H22N2O6/c1-32-18-10-11-20(33-2)19(13-18)23(29)21-22(15-6-8-17(28)9-7-15)27(25(31)24(21)30)14-16-5-3-4-12-26-16/h3-13,22,28-29H,14H2,1-2H3/b23-21+. The van der Waals surface area contributed by atoms with Crippen LogP contribution in [0.15, 0.2) is 72.4 Å². The molecular formula is C25H22N2O6. The molecule has 2 heterocycles. The summed E-state index contributed by atoms with van der Waals surface area (Å²) >= 11 is 0. The monoisotopic (exact) mass is 446 g/mol. The van der Waals surface area contributed by atoms with Crippen molar-refractivity contribution in [1.82, 2.24) is 9.88 Å². The first-order chi connectivity index (χ1) is 15.9. The number of hydrogen-bond donors (Lipinski definition) is 2. The average molecular weight is 446 g/mol. The Morgan fingerprint density at radius 2 is 1.79 bits per heavy atom. The second kappa shape index (κ2) is 9.04. The zero-order chi connectivity index (χ0) is 23.5. The molecule has 1 amide bonds. The Morgan fingerprint density at radius 3 is 2.42 bits per heavy atom. The zero-order valence-corrected chi connectivity index (χ0v) is 18.1. The maximum absolute atomic E-state index is 13.2. The summed E-state index contributed by atoms with van der Waals surface area (Å²) in [6.07, 6.45) is 1.60. The molecule has 168 valence electrons. The smallest absolute Gasteiger partial charge is 0.296 e. The Balaban J connectivity index is 1.91. The fraction of sp³-hybridized carbons (Fsp3) is 0.160. The Hall–Kier alpha value is -4.33. The van der Waals surface area contributed by atoms with Gasteiger partial charge in [-0.15, -0.1) is 0 Å². The lowest BCUT2D eigenvalue weighted by Gasteiger charge is -2.25. The first-order valence-corrected chi connectivity index (χ1v) is 10.1. The third-order valence-electron chi connectivity index (χ3n) is 5.47. The summed E-state index contributed by atoms with van der Waals surface area (Å²) in [5.74, 6) is -1.18. The number of phenols is 1. The van der Waals surface area contributed by atoms with Crippen LogP contribution in [0.3, 0.4) is 0 Å². The van der Waals surface area contributed by atoms with Gasteiger partial charge in [0.05, 0.1) is 43.6 Å². The maximum atomic E-state index is 13.2. The number of aromatic hydroxyl groups is 1. The Labute approximate surface area is 190 Å². The van der Waals surface area contributed by atoms with E-state index in [1.54, 1.807) is 48.7 Å². The number of ketones is 1. The number of aliphatic hydroxyl groups excluding tert-OH is 1. The molecule has 0 radical (unpaired) electrons. The lowest BCUT2D eigenvalue weighted by Crippen LogP contribution is -2.29. The molecule has 0 aliphatic carbocycles. The van der Waals surface area contributed by atoms with Gasteiger partial charge in [0.2, 0.25) is 0 Å². The molecule has 8 heteroatoms. The molecule has 0 saturated carbocycles. The molecule has 1 aliphatic heterocycles. The van der Waals surface area contributed by atoms with Gasteiger partial charge in [-0.25, -0.2) is 0 Å². The number of aromatic nitrogens is 1. The molecule has 3 aromatic rings. The Bertz CT molecular complexity index is 1220. The molecule has 8 nitrogen and oxygen atoms in total. The minimum atomic E-state index is -0.900. The molecule has 2 aromatic carbocycles. The average Bonchev–Trinajstić information content (AvgIpc) is 3.09. The van der Waals surface area contributed by atoms with Gasteiger partial charge in [0, 0.05) is 6.20 Å². The number of benzene rings is 2. The number of carbonyl (C=O) groups excluding carboxylic acids is 2. The summed E-state index contributed by atoms with van der Waals surface area (Å²) in [5, 5.41) is 21.0. The molecule has 33 heavy (non-hydrogen) atoms. The molecule has 1 fully saturated rings. The number of likely N-dealkylation sites (tertiary alicyclic amines) is 1. The van der Waals surface area contributed by atoms with Crippen LogP contribution in [0.4, 0.5) is 0 Å². The van der Waals surface area contributed by atoms with Gasteiger partial charge in [-0.1, -0.05) is 18.2 Å². The van der Waals surface area contributed by atoms with Crippen LogP contribution in [0.5, 0.6) is 17.2 Å². The number of phenolic OH excluding ortho intramolecular Hbond substituents is 1. The van der Waals surface area contributed by atoms with Crippen LogP contribution in [0.25, 0.3) is 5.76 Å². The van der Waals surface area contributed by atoms with Crippen molar-refractivity contribution in [3.63, 3.8) is 0 Å². The van der Waals surface area contributed by atoms with Crippen molar-refractivity contribution in [3.8, 4) is 17.2 Å². The highest BCUT2D eigenvalue weighted by Crippen LogP contribution is 2.42. The number of carbonyl (C=O) groups is 2. The molecule has 1 atom stereocenters. The third kappa shape index (κ3) is 4.10. The van der Waals surface area contributed by atoms with E-state index in [9.17, 15) is 19.8 Å². The zero-order valence-electron chi connectivity index (χ0n) is 18.1. The van der Waals surface area contributed by atoms with Crippen molar-refractivity contribution in [1.29, 1.82) is 0 Å². The highest BCUT2D eigenvalue weighted by molar-refractivity contribution is 6.46. The van der Waals surface area contributed by atoms with Crippen LogP contribution in [-0.2, 0) is 16.1 Å². The Kier molecular flexibility index (Phi) is 5.99. The van der Waals surface area contributed by atoms with Crippen molar-refractivity contribution in [2.75, 3.05) is 14.2 Å². The molecule has 0 bridgehead atoms. The van der Waals surface area contributed by atoms with Crippen molar-refractivity contribution in [2.45, 2.75) is 12.6 Å². The topological polar surface area (TPSA) is 109 Å². The minimum Gasteiger partial charge on any atom is -0.508 e. The van der Waals surface area contributed by atoms with Gasteiger partial charge in [0.1, 0.15) is 23.0 Å². The van der Waals surface area contributed by atoms with E-state index in [1.165, 1.54) is 37.3 Å². The third-order valence-corrected chi connectivity index (χ3v) is 5.47. The molecule has 0 spiro atoms. The number of ether oxygens (including phenoxy) is 2. The molecule has 2 N–H and O–H groups in total. The van der Waals surface area contributed by atoms with Crippen LogP contribution in [-0.4, -0.2) is 46.0 Å². The van der Waals surface area contributed by atoms with Crippen LogP contribution in [0.1, 0.15) is 22.9 Å². The normalized spacial score (nSPS) is 17.3. The van der Waals surface area contributed by atoms with Crippen LogP contribution < -0.4 is 9.47 Å². The Morgan fingerprint density at radius 1 is 1.03 bits per heavy atom. The van der Waals surface area contributed by atoms with Crippen molar-refractivity contribution in [2.24, 2.45) is 0 Å². The maximum Gasteiger partial charge on any atom is 0.296 e. The number of nitrogens with zero attached hydrogens (tertiary/aromatic N) is 2. The van der Waals surface area contributed by atoms with E-state index < -0.39 is 17.7 Å². The van der Waals surface area contributed by atoms with Crippen molar-refractivity contribution < 1.29 is 29.3 Å². The predicted molar refractivity (Wildman–Crippen MR) is 120 cm³/mol. The number of hydrogen-bond acceptors (Lipinski definition) is 7. The highest BCUT2D eigenvalue weighted by atomic mass is 16.5. The molecule has 1 unspecified atom stereocenters. The fourth-order valence-electron chi connectivity index (χ4n) is 3.86. The highest BCUT2D eigenvalue weighted by Gasteiger charge is 2.46. The molecule has 4 rings (SSSR count). The first kappa shape index (κ1) is 21.9. The van der Waals surface area contributed by atoms with Gasteiger partial charge in [0.15, 0.2) is 0 Å². The van der Waals surface area contributed by atoms with Gasteiger partial charge in [-0.3, -0.25) is 14.6 Å². The van der Waals surface area contributed by atoms with E-state index in [-0.39, 0.29) is 29.2 Å². The van der Waals surface area contributed by atoms with Crippen LogP contribution in [0.2, 0.25) is 0 Å². The summed E-state index contributed by atoms with van der Waals surface area (Å²) in [4.78, 5) is 31.9. The van der Waals surface area contributed by atoms with E-state index in [0.717, 1.165) is 0 Å². The SMILES string of the molecule is COc1ccc(OC)c(/C(O)=C2\C(=O)C(=O)N(Cc3ccccn3)C2c2ccc(O)cc2)c1. The summed E-state index contributed by atoms with van der Waals surface area (Å²) in [6, 6.07) is 15.3. The molecule has 1 aromatic heterocycles. The number of amides is 1. The van der Waals surface area contributed by atoms with Crippen molar-refractivity contribution >= 4 is 17.4 Å². The van der Waals surface area contributed by atoms with E-state index in [4.69, 9.17) is 9.47 Å². The molecular weight excluding hydrogens is 424 g/mol. The summed E-state index contributed by atoms with van der Waals surface area (Å²) in [7, 11) is 2.92. The number of pyridine rings is 1. The second-order valence-corrected chi connectivity index (χ2v) is 7.41. The van der Waals surface area contributed by atoms with Gasteiger partial charge >= 0.3 is 0 Å². The van der Waals surface area contributed by atoms with Crippen LogP contribution >= 0.6 is 0 Å². The van der Waals surface area contributed by atoms with Gasteiger partial charge in [-0.2, -0.15) is 0 Å². The molecule has 1 aliphatic rings. The largest absolute Gasteiger partial charge is 0.508 e. The summed E-state index contributed by atoms with van der Waals surface area (Å²) in [5.41, 5.74) is 1.26. The number of rotatable bonds is 6. The quantitative estimate of drug-likeness (QED) is 0.339. The lowest BCUT2D eigenvalue weighted by molar-refractivity contribution is -0.140. The van der Waals surface area contributed by atoms with Crippen molar-refractivity contribution in [3.05, 3.63) is 89.3 Å². The van der Waals surface area contributed by atoms with Crippen LogP contribution in [0, 0.1) is 0 Å². The van der Waals surface area contributed by atoms with E-state index in [2.05, 4.69) is 4.98 Å². The minimum absolute atomic E-state index is 0.0369. The van der Waals surface area contributed by atoms with Gasteiger partial charge < -0.3 is 24.6 Å². The van der Waals surface area contributed by atoms with Gasteiger partial charge in [0.25, 0.3) is 11.7 Å². The van der Waals surface area contributed by atoms with E-state index in [0.29, 0.717) is 22.8 Å². The fourth-order valence-corrected chi connectivity index (χ4v) is 3.86. The second-order valence-electron chi connectivity index (χ2n) is 7.41. The van der Waals surface area contributed by atoms with E-state index in [1.807, 2.05) is 0 Å². The summed E-state index contributed by atoms with van der Waals surface area (Å²) < 4.78 is 10.6. The first-order valence-electron chi connectivity index (χ1n) is 10.1. The summed E-state index contributed by atoms with van der Waals surface area (Å²) in [6.45, 7) is 0.0585. The number of methoxy groups -OCH3 is 2. The van der Waals surface area contributed by atoms with E-state index >= 15 is 0 Å². The number of Topliss-reactive ketones (excluding diaryl/α,β-unsaturated/α-hetero) is 1. The molecule has 1 saturated heterocycles. The predicted octanol–water partition coefficient (Wildman–Crippen LogP) is 3.43.